The Kier molecular flexibility index (Phi) is 2.53. The number of fused-ring (bicyclic) bond motifs is 1. The maximum atomic E-state index is 8.80. The summed E-state index contributed by atoms with van der Waals surface area (Å²) in [6, 6.07) is 15.6. The molecule has 0 spiro atoms. The van der Waals surface area contributed by atoms with E-state index in [2.05, 4.69) is 10.1 Å². The number of hydrogen-bond acceptors (Lipinski definition) is 3. The summed E-state index contributed by atoms with van der Waals surface area (Å²) in [6.07, 6.45) is 3.30. The van der Waals surface area contributed by atoms with E-state index in [9.17, 15) is 0 Å². The Morgan fingerprint density at radius 1 is 1.06 bits per heavy atom. The molecule has 0 fully saturated rings. The molecule has 0 aliphatic rings. The number of imidazole rings is 1. The molecular formula is C14H11N3O. The highest BCUT2D eigenvalue weighted by atomic mass is 16.4. The van der Waals surface area contributed by atoms with Crippen molar-refractivity contribution in [1.82, 2.24) is 9.38 Å². The molecule has 0 bridgehead atoms. The SMILES string of the molecule is O/N=C/c1c(-c2ccccc2)nc2ccccn12. The van der Waals surface area contributed by atoms with Crippen molar-refractivity contribution >= 4 is 11.9 Å². The lowest BCUT2D eigenvalue weighted by molar-refractivity contribution is 0.321. The Bertz CT molecular complexity index is 701. The lowest BCUT2D eigenvalue weighted by Crippen LogP contribution is -1.92. The third-order valence-electron chi connectivity index (χ3n) is 2.79. The lowest BCUT2D eigenvalue weighted by Gasteiger charge is -1.98. The van der Waals surface area contributed by atoms with Crippen LogP contribution in [-0.4, -0.2) is 20.8 Å². The Hall–Kier alpha value is -2.62. The maximum absolute atomic E-state index is 8.80. The second kappa shape index (κ2) is 4.33. The van der Waals surface area contributed by atoms with Crippen LogP contribution in [0.25, 0.3) is 16.9 Å². The first-order valence-corrected chi connectivity index (χ1v) is 5.60. The van der Waals surface area contributed by atoms with E-state index in [0.717, 1.165) is 22.6 Å². The zero-order valence-electron chi connectivity index (χ0n) is 9.56. The van der Waals surface area contributed by atoms with Crippen molar-refractivity contribution < 1.29 is 5.21 Å². The van der Waals surface area contributed by atoms with Crippen molar-refractivity contribution in [2.45, 2.75) is 0 Å². The largest absolute Gasteiger partial charge is 0.411 e. The van der Waals surface area contributed by atoms with E-state index < -0.39 is 0 Å². The molecule has 18 heavy (non-hydrogen) atoms. The average Bonchev–Trinajstić information content (AvgIpc) is 2.80. The first kappa shape index (κ1) is 10.5. The summed E-state index contributed by atoms with van der Waals surface area (Å²) in [7, 11) is 0. The van der Waals surface area contributed by atoms with Gasteiger partial charge in [-0.15, -0.1) is 0 Å². The minimum atomic E-state index is 0.763. The monoisotopic (exact) mass is 237 g/mol. The summed E-state index contributed by atoms with van der Waals surface area (Å²) in [4.78, 5) is 4.56. The van der Waals surface area contributed by atoms with Crippen molar-refractivity contribution in [2.24, 2.45) is 5.16 Å². The van der Waals surface area contributed by atoms with Gasteiger partial charge in [0.1, 0.15) is 5.65 Å². The summed E-state index contributed by atoms with van der Waals surface area (Å²) in [5.74, 6) is 0. The van der Waals surface area contributed by atoms with E-state index in [1.807, 2.05) is 59.1 Å². The van der Waals surface area contributed by atoms with Crippen LogP contribution in [0.2, 0.25) is 0 Å². The van der Waals surface area contributed by atoms with Crippen LogP contribution in [0, 0.1) is 0 Å². The topological polar surface area (TPSA) is 49.9 Å². The highest BCUT2D eigenvalue weighted by Gasteiger charge is 2.11. The van der Waals surface area contributed by atoms with Gasteiger partial charge in [0.15, 0.2) is 0 Å². The van der Waals surface area contributed by atoms with Crippen LogP contribution in [0.5, 0.6) is 0 Å². The molecular weight excluding hydrogens is 226 g/mol. The minimum Gasteiger partial charge on any atom is -0.411 e. The number of benzene rings is 1. The molecule has 2 aromatic heterocycles. The summed E-state index contributed by atoms with van der Waals surface area (Å²) in [5.41, 5.74) is 3.39. The van der Waals surface area contributed by atoms with Gasteiger partial charge in [0.2, 0.25) is 0 Å². The van der Waals surface area contributed by atoms with Crippen LogP contribution in [0.4, 0.5) is 0 Å². The van der Waals surface area contributed by atoms with Gasteiger partial charge >= 0.3 is 0 Å². The number of hydrogen-bond donors (Lipinski definition) is 1. The fourth-order valence-corrected chi connectivity index (χ4v) is 2.00. The number of pyridine rings is 1. The van der Waals surface area contributed by atoms with E-state index in [0.29, 0.717) is 0 Å². The molecule has 0 unspecified atom stereocenters. The molecule has 1 aromatic carbocycles. The first-order valence-electron chi connectivity index (χ1n) is 5.60. The fraction of sp³-hybridized carbons (Fsp3) is 0. The predicted octanol–water partition coefficient (Wildman–Crippen LogP) is 2.81. The van der Waals surface area contributed by atoms with Gasteiger partial charge in [-0.1, -0.05) is 41.6 Å². The van der Waals surface area contributed by atoms with E-state index in [1.165, 1.54) is 6.21 Å². The summed E-state index contributed by atoms with van der Waals surface area (Å²) < 4.78 is 1.89. The fourth-order valence-electron chi connectivity index (χ4n) is 2.00. The molecule has 0 saturated heterocycles. The van der Waals surface area contributed by atoms with E-state index in [1.54, 1.807) is 0 Å². The van der Waals surface area contributed by atoms with Crippen LogP contribution in [-0.2, 0) is 0 Å². The Morgan fingerprint density at radius 2 is 1.83 bits per heavy atom. The number of nitrogens with zero attached hydrogens (tertiary/aromatic N) is 3. The van der Waals surface area contributed by atoms with Crippen molar-refractivity contribution in [3.05, 3.63) is 60.4 Å². The van der Waals surface area contributed by atoms with Crippen molar-refractivity contribution in [1.29, 1.82) is 0 Å². The summed E-state index contributed by atoms with van der Waals surface area (Å²) in [6.45, 7) is 0. The zero-order chi connectivity index (χ0) is 12.4. The molecule has 0 aliphatic heterocycles. The van der Waals surface area contributed by atoms with Crippen LogP contribution in [0.3, 0.4) is 0 Å². The zero-order valence-corrected chi connectivity index (χ0v) is 9.56. The maximum Gasteiger partial charge on any atom is 0.137 e. The normalized spacial score (nSPS) is 11.3. The standard InChI is InChI=1S/C14H11N3O/c18-15-10-12-14(11-6-2-1-3-7-11)16-13-8-4-5-9-17(12)13/h1-10,18H/b15-10+. The van der Waals surface area contributed by atoms with Crippen molar-refractivity contribution in [2.75, 3.05) is 0 Å². The minimum absolute atomic E-state index is 0.763. The van der Waals surface area contributed by atoms with Gasteiger partial charge in [-0.3, -0.25) is 4.40 Å². The highest BCUT2D eigenvalue weighted by molar-refractivity contribution is 5.88. The predicted molar refractivity (Wildman–Crippen MR) is 70.0 cm³/mol. The smallest absolute Gasteiger partial charge is 0.137 e. The molecule has 4 nitrogen and oxygen atoms in total. The molecule has 2 heterocycles. The number of oxime groups is 1. The molecule has 0 atom stereocenters. The van der Waals surface area contributed by atoms with E-state index in [-0.39, 0.29) is 0 Å². The molecule has 88 valence electrons. The van der Waals surface area contributed by atoms with Crippen molar-refractivity contribution in [3.8, 4) is 11.3 Å². The molecule has 4 heteroatoms. The molecule has 3 rings (SSSR count). The molecule has 3 aromatic rings. The molecule has 0 aliphatic carbocycles. The Balaban J connectivity index is 2.32. The third kappa shape index (κ3) is 1.64. The molecule has 0 radical (unpaired) electrons. The first-order chi connectivity index (χ1) is 8.90. The van der Waals surface area contributed by atoms with Crippen LogP contribution in [0.15, 0.2) is 59.9 Å². The van der Waals surface area contributed by atoms with Gasteiger partial charge in [0.25, 0.3) is 0 Å². The second-order valence-electron chi connectivity index (χ2n) is 3.89. The van der Waals surface area contributed by atoms with Gasteiger partial charge in [0.05, 0.1) is 17.6 Å². The quantitative estimate of drug-likeness (QED) is 0.423. The lowest BCUT2D eigenvalue weighted by atomic mass is 10.1. The van der Waals surface area contributed by atoms with Gasteiger partial charge in [-0.25, -0.2) is 4.98 Å². The van der Waals surface area contributed by atoms with E-state index in [4.69, 9.17) is 5.21 Å². The van der Waals surface area contributed by atoms with Crippen LogP contribution >= 0.6 is 0 Å². The summed E-state index contributed by atoms with van der Waals surface area (Å²) in [5, 5.41) is 11.9. The number of rotatable bonds is 2. The molecule has 0 amide bonds. The summed E-state index contributed by atoms with van der Waals surface area (Å²) >= 11 is 0. The van der Waals surface area contributed by atoms with Gasteiger partial charge in [0, 0.05) is 11.8 Å². The second-order valence-corrected chi connectivity index (χ2v) is 3.89. The van der Waals surface area contributed by atoms with E-state index >= 15 is 0 Å². The number of aromatic nitrogens is 2. The van der Waals surface area contributed by atoms with Crippen LogP contribution in [0.1, 0.15) is 5.69 Å². The van der Waals surface area contributed by atoms with Gasteiger partial charge < -0.3 is 5.21 Å². The highest BCUT2D eigenvalue weighted by Crippen LogP contribution is 2.22. The Labute approximate surface area is 104 Å². The van der Waals surface area contributed by atoms with Gasteiger partial charge in [-0.05, 0) is 12.1 Å². The molecule has 1 N–H and O–H groups in total. The van der Waals surface area contributed by atoms with Crippen LogP contribution < -0.4 is 0 Å². The molecule has 0 saturated carbocycles. The average molecular weight is 237 g/mol. The third-order valence-corrected chi connectivity index (χ3v) is 2.79. The van der Waals surface area contributed by atoms with Crippen molar-refractivity contribution in [3.63, 3.8) is 0 Å². The van der Waals surface area contributed by atoms with Gasteiger partial charge in [-0.2, -0.15) is 0 Å². The Morgan fingerprint density at radius 3 is 2.61 bits per heavy atom.